The number of hydrogen-bond donors (Lipinski definition) is 1. The molecule has 0 aliphatic carbocycles. The molecule has 0 spiro atoms. The molecule has 2 heterocycles. The highest BCUT2D eigenvalue weighted by molar-refractivity contribution is 8.03. The van der Waals surface area contributed by atoms with Crippen LogP contribution in [0.4, 0.5) is 0 Å². The molecule has 0 saturated carbocycles. The van der Waals surface area contributed by atoms with Gasteiger partial charge in [-0.25, -0.2) is 0 Å². The van der Waals surface area contributed by atoms with Crippen LogP contribution in [0.15, 0.2) is 104 Å². The molecular weight excluding hydrogens is 569 g/mol. The largest absolute Gasteiger partial charge is 0.320 e. The van der Waals surface area contributed by atoms with E-state index in [-0.39, 0.29) is 5.92 Å². The minimum Gasteiger partial charge on any atom is -0.320 e. The Balaban J connectivity index is 0.000000259. The Hall–Kier alpha value is -2.70. The fourth-order valence-corrected chi connectivity index (χ4v) is 5.33. The van der Waals surface area contributed by atoms with Gasteiger partial charge in [0.05, 0.1) is 21.5 Å². The summed E-state index contributed by atoms with van der Waals surface area (Å²) in [6, 6.07) is 14.0. The molecule has 2 aliphatic heterocycles. The first-order chi connectivity index (χ1) is 19.8. The Morgan fingerprint density at radius 3 is 2.59 bits per heavy atom. The summed E-state index contributed by atoms with van der Waals surface area (Å²) in [5.74, 6) is 0.0880. The average Bonchev–Trinajstić information content (AvgIpc) is 3.32. The molecule has 1 unspecified atom stereocenters. The van der Waals surface area contributed by atoms with Gasteiger partial charge in [0.1, 0.15) is 6.29 Å². The number of rotatable bonds is 8. The van der Waals surface area contributed by atoms with E-state index in [1.165, 1.54) is 21.8 Å². The first kappa shape index (κ1) is 34.5. The summed E-state index contributed by atoms with van der Waals surface area (Å²) in [5.41, 5.74) is 5.59. The maximum atomic E-state index is 9.84. The second kappa shape index (κ2) is 19.4. The van der Waals surface area contributed by atoms with Gasteiger partial charge in [0.2, 0.25) is 0 Å². The Morgan fingerprint density at radius 2 is 1.93 bits per heavy atom. The van der Waals surface area contributed by atoms with Crippen molar-refractivity contribution in [2.75, 3.05) is 13.6 Å². The zero-order valence-corrected chi connectivity index (χ0v) is 27.0. The third-order valence-corrected chi connectivity index (χ3v) is 8.01. The highest BCUT2D eigenvalue weighted by atomic mass is 35.5. The molecule has 0 aromatic heterocycles. The fraction of sp³-hybridized carbons (Fsp3) is 0.324. The first-order valence-corrected chi connectivity index (χ1v) is 15.5. The van der Waals surface area contributed by atoms with Crippen LogP contribution in [0.5, 0.6) is 0 Å². The molecule has 4 nitrogen and oxygen atoms in total. The van der Waals surface area contributed by atoms with Gasteiger partial charge >= 0.3 is 0 Å². The van der Waals surface area contributed by atoms with Gasteiger partial charge in [0.15, 0.2) is 0 Å². The number of hydrogen-bond acceptors (Lipinski definition) is 5. The SMILES string of the molecule is C/C=C\C(C)C=O.CCC1=C(C)Sc2ccccc2C(c2ccc(Cl)c(Cl)c2)=N1.CNCCCC1=CCC=NC=C1. The fourth-order valence-electron chi connectivity index (χ4n) is 3.98. The molecular formula is C34H41Cl2N3OS. The molecule has 1 atom stereocenters. The number of allylic oxidation sites excluding steroid dienone is 7. The third kappa shape index (κ3) is 12.0. The molecule has 4 rings (SSSR count). The molecule has 2 aliphatic rings. The van der Waals surface area contributed by atoms with E-state index in [4.69, 9.17) is 28.2 Å². The maximum Gasteiger partial charge on any atom is 0.126 e. The molecule has 218 valence electrons. The van der Waals surface area contributed by atoms with Crippen molar-refractivity contribution in [3.8, 4) is 0 Å². The monoisotopic (exact) mass is 609 g/mol. The molecule has 0 saturated heterocycles. The second-order valence-electron chi connectivity index (χ2n) is 9.43. The number of benzene rings is 2. The maximum absolute atomic E-state index is 9.84. The molecule has 0 amide bonds. The number of nitrogens with one attached hydrogen (secondary N) is 1. The van der Waals surface area contributed by atoms with Crippen molar-refractivity contribution in [1.29, 1.82) is 0 Å². The van der Waals surface area contributed by atoms with Crippen molar-refractivity contribution in [2.45, 2.75) is 58.3 Å². The number of halogens is 2. The molecule has 0 radical (unpaired) electrons. The van der Waals surface area contributed by atoms with Crippen molar-refractivity contribution in [2.24, 2.45) is 15.9 Å². The lowest BCUT2D eigenvalue weighted by atomic mass is 10.0. The Morgan fingerprint density at radius 1 is 1.15 bits per heavy atom. The van der Waals surface area contributed by atoms with Gasteiger partial charge in [-0.05, 0) is 71.0 Å². The van der Waals surface area contributed by atoms with E-state index < -0.39 is 0 Å². The van der Waals surface area contributed by atoms with Crippen LogP contribution >= 0.6 is 35.0 Å². The van der Waals surface area contributed by atoms with Crippen LogP contribution in [-0.4, -0.2) is 31.8 Å². The number of aldehydes is 1. The number of aliphatic imine (C=N–C) groups is 2. The molecule has 2 aromatic rings. The summed E-state index contributed by atoms with van der Waals surface area (Å²) in [6.45, 7) is 9.10. The van der Waals surface area contributed by atoms with Crippen molar-refractivity contribution < 1.29 is 4.79 Å². The third-order valence-electron chi connectivity index (χ3n) is 6.15. The lowest BCUT2D eigenvalue weighted by Gasteiger charge is -2.10. The Kier molecular flexibility index (Phi) is 16.3. The Bertz CT molecular complexity index is 1320. The summed E-state index contributed by atoms with van der Waals surface area (Å²) in [6.07, 6.45) is 17.0. The zero-order valence-electron chi connectivity index (χ0n) is 24.7. The number of thioether (sulfide) groups is 1. The van der Waals surface area contributed by atoms with Gasteiger partial charge < -0.3 is 10.1 Å². The van der Waals surface area contributed by atoms with Crippen LogP contribution in [0.1, 0.15) is 64.5 Å². The zero-order chi connectivity index (χ0) is 30.0. The summed E-state index contributed by atoms with van der Waals surface area (Å²) in [4.78, 5) is 21.3. The molecule has 41 heavy (non-hydrogen) atoms. The number of nitrogens with zero attached hydrogens (tertiary/aromatic N) is 2. The Labute approximate surface area is 260 Å². The van der Waals surface area contributed by atoms with Gasteiger partial charge in [0, 0.05) is 45.7 Å². The first-order valence-electron chi connectivity index (χ1n) is 14.0. The average molecular weight is 611 g/mol. The molecule has 0 fully saturated rings. The van der Waals surface area contributed by atoms with E-state index in [0.717, 1.165) is 54.6 Å². The van der Waals surface area contributed by atoms with E-state index in [0.29, 0.717) is 10.0 Å². The van der Waals surface area contributed by atoms with Gasteiger partial charge in [-0.15, -0.1) is 0 Å². The summed E-state index contributed by atoms with van der Waals surface area (Å²) >= 11 is 14.0. The lowest BCUT2D eigenvalue weighted by molar-refractivity contribution is -0.109. The number of carbonyl (C=O) groups is 1. The van der Waals surface area contributed by atoms with E-state index >= 15 is 0 Å². The smallest absolute Gasteiger partial charge is 0.126 e. The highest BCUT2D eigenvalue weighted by Crippen LogP contribution is 2.37. The van der Waals surface area contributed by atoms with Gasteiger partial charge in [-0.2, -0.15) is 0 Å². The van der Waals surface area contributed by atoms with Gasteiger partial charge in [-0.3, -0.25) is 9.98 Å². The molecule has 0 bridgehead atoms. The van der Waals surface area contributed by atoms with Crippen LogP contribution < -0.4 is 5.32 Å². The predicted molar refractivity (Wildman–Crippen MR) is 181 cm³/mol. The van der Waals surface area contributed by atoms with Crippen LogP contribution in [-0.2, 0) is 4.79 Å². The quantitative estimate of drug-likeness (QED) is 0.184. The lowest BCUT2D eigenvalue weighted by Crippen LogP contribution is -2.07. The van der Waals surface area contributed by atoms with E-state index in [9.17, 15) is 4.79 Å². The van der Waals surface area contributed by atoms with E-state index in [1.807, 2.05) is 69.7 Å². The van der Waals surface area contributed by atoms with Crippen molar-refractivity contribution in [3.05, 3.63) is 110 Å². The van der Waals surface area contributed by atoms with Gasteiger partial charge in [-0.1, -0.05) is 96.9 Å². The van der Waals surface area contributed by atoms with E-state index in [2.05, 4.69) is 54.5 Å². The standard InChI is InChI=1S/C18H15Cl2NS.C10H16N2.C6H10O/c1-3-16-11(2)22-17-7-5-4-6-13(17)18(21-16)12-8-9-14(19)15(20)10-12;1-11-7-2-4-10-5-3-8-12-9-6-10;1-3-4-6(2)5-7/h4-10H,3H2,1-2H3;5-6,8-9,11H,2-4,7H2,1H3;3-6H,1-2H3/b;;4-3-. The second-order valence-corrected chi connectivity index (χ2v) is 11.5. The topological polar surface area (TPSA) is 53.8 Å². The minimum atomic E-state index is 0.0880. The normalized spacial score (nSPS) is 14.9. The van der Waals surface area contributed by atoms with Crippen molar-refractivity contribution in [1.82, 2.24) is 5.32 Å². The van der Waals surface area contributed by atoms with Gasteiger partial charge in [0.25, 0.3) is 0 Å². The molecule has 7 heteroatoms. The molecule has 1 N–H and O–H groups in total. The number of carbonyl (C=O) groups excluding carboxylic acids is 1. The number of fused-ring (bicyclic) bond motifs is 1. The summed E-state index contributed by atoms with van der Waals surface area (Å²) < 4.78 is 0. The van der Waals surface area contributed by atoms with Crippen LogP contribution in [0, 0.1) is 5.92 Å². The summed E-state index contributed by atoms with van der Waals surface area (Å²) in [7, 11) is 1.99. The predicted octanol–water partition coefficient (Wildman–Crippen LogP) is 9.88. The highest BCUT2D eigenvalue weighted by Gasteiger charge is 2.18. The van der Waals surface area contributed by atoms with Crippen LogP contribution in [0.2, 0.25) is 10.0 Å². The minimum absolute atomic E-state index is 0.0880. The van der Waals surface area contributed by atoms with E-state index in [1.54, 1.807) is 11.8 Å². The van der Waals surface area contributed by atoms with Crippen molar-refractivity contribution in [3.63, 3.8) is 0 Å². The van der Waals surface area contributed by atoms with Crippen LogP contribution in [0.25, 0.3) is 0 Å². The van der Waals surface area contributed by atoms with Crippen LogP contribution in [0.3, 0.4) is 0 Å². The summed E-state index contributed by atoms with van der Waals surface area (Å²) in [5, 5.41) is 4.25. The molecule has 2 aromatic carbocycles. The van der Waals surface area contributed by atoms with Crippen molar-refractivity contribution >= 4 is 53.2 Å².